The number of hydrogen-bond donors (Lipinski definition) is 5. The number of aromatic hydroxyl groups is 1. The lowest BCUT2D eigenvalue weighted by Gasteiger charge is -2.24. The molecule has 0 fully saturated rings. The van der Waals surface area contributed by atoms with Crippen LogP contribution < -0.4 is 21.3 Å². The number of anilines is 2. The minimum absolute atomic E-state index is 0.0263. The van der Waals surface area contributed by atoms with E-state index in [9.17, 15) is 24.4 Å². The van der Waals surface area contributed by atoms with Crippen molar-refractivity contribution in [2.24, 2.45) is 4.99 Å². The molecule has 1 aliphatic heterocycles. The van der Waals surface area contributed by atoms with E-state index in [-0.39, 0.29) is 16.9 Å². The number of nitrogens with zero attached hydrogens (tertiary/aromatic N) is 2. The van der Waals surface area contributed by atoms with E-state index < -0.39 is 28.6 Å². The maximum Gasteiger partial charge on any atom is 0.273 e. The molecule has 31 heavy (non-hydrogen) atoms. The minimum Gasteiger partial charge on any atom is -0.506 e. The van der Waals surface area contributed by atoms with Crippen molar-refractivity contribution in [2.75, 3.05) is 17.2 Å². The molecular weight excluding hydrogens is 407 g/mol. The second kappa shape index (κ2) is 9.67. The van der Waals surface area contributed by atoms with Crippen molar-refractivity contribution >= 4 is 28.9 Å². The largest absolute Gasteiger partial charge is 0.506 e. The highest BCUT2D eigenvalue weighted by Gasteiger charge is 2.25. The number of carbonyl (C=O) groups is 1. The van der Waals surface area contributed by atoms with E-state index in [1.165, 1.54) is 30.5 Å². The zero-order chi connectivity index (χ0) is 22.4. The molecule has 0 spiro atoms. The van der Waals surface area contributed by atoms with Gasteiger partial charge >= 0.3 is 0 Å². The van der Waals surface area contributed by atoms with Gasteiger partial charge in [-0.2, -0.15) is 0 Å². The third-order valence-corrected chi connectivity index (χ3v) is 4.29. The number of benzene rings is 2. The fraction of sp³-hybridized carbons (Fsp3) is 0.200. The number of halogens is 1. The molecule has 5 N–H and O–H groups in total. The summed E-state index contributed by atoms with van der Waals surface area (Å²) < 4.78 is 13.4. The SMILES string of the molecule is CCCNC1N=C(Nc2cccc(F)c2)NC=C1C(=O)Nc1ccc([N+](=O)[O-])cc1O. The molecule has 0 saturated carbocycles. The van der Waals surface area contributed by atoms with Gasteiger partial charge in [-0.25, -0.2) is 9.38 Å². The molecule has 1 unspecified atom stereocenters. The molecule has 2 aromatic carbocycles. The average Bonchev–Trinajstić information content (AvgIpc) is 2.73. The Kier molecular flexibility index (Phi) is 6.78. The summed E-state index contributed by atoms with van der Waals surface area (Å²) in [6.45, 7) is 2.54. The highest BCUT2D eigenvalue weighted by atomic mass is 19.1. The van der Waals surface area contributed by atoms with Crippen LogP contribution in [0.15, 0.2) is 59.2 Å². The number of non-ortho nitro benzene ring substituents is 1. The van der Waals surface area contributed by atoms with E-state index in [1.54, 1.807) is 12.1 Å². The molecule has 11 heteroatoms. The zero-order valence-electron chi connectivity index (χ0n) is 16.6. The molecule has 10 nitrogen and oxygen atoms in total. The molecule has 0 radical (unpaired) electrons. The summed E-state index contributed by atoms with van der Waals surface area (Å²) in [5.41, 5.74) is 0.446. The number of phenols is 1. The van der Waals surface area contributed by atoms with Crippen LogP contribution in [-0.4, -0.2) is 34.6 Å². The number of aliphatic imine (C=N–C) groups is 1. The summed E-state index contributed by atoms with van der Waals surface area (Å²) in [5.74, 6) is -1.07. The summed E-state index contributed by atoms with van der Waals surface area (Å²) in [7, 11) is 0. The monoisotopic (exact) mass is 428 g/mol. The Morgan fingerprint density at radius 3 is 2.81 bits per heavy atom. The number of carbonyl (C=O) groups excluding carboxylic acids is 1. The van der Waals surface area contributed by atoms with Gasteiger partial charge < -0.3 is 21.1 Å². The Hall–Kier alpha value is -3.99. The second-order valence-corrected chi connectivity index (χ2v) is 6.63. The highest BCUT2D eigenvalue weighted by molar-refractivity contribution is 6.07. The lowest BCUT2D eigenvalue weighted by molar-refractivity contribution is -0.384. The fourth-order valence-electron chi connectivity index (χ4n) is 2.79. The van der Waals surface area contributed by atoms with Gasteiger partial charge in [0, 0.05) is 18.0 Å². The minimum atomic E-state index is -0.711. The maximum atomic E-state index is 13.4. The number of nitro benzene ring substituents is 1. The molecule has 162 valence electrons. The third kappa shape index (κ3) is 5.54. The van der Waals surface area contributed by atoms with Crippen molar-refractivity contribution in [3.63, 3.8) is 0 Å². The number of hydrogen-bond acceptors (Lipinski definition) is 8. The van der Waals surface area contributed by atoms with Crippen molar-refractivity contribution in [2.45, 2.75) is 19.5 Å². The molecule has 1 atom stereocenters. The first-order valence-electron chi connectivity index (χ1n) is 9.46. The average molecular weight is 428 g/mol. The lowest BCUT2D eigenvalue weighted by atomic mass is 10.1. The van der Waals surface area contributed by atoms with Gasteiger partial charge in [0.1, 0.15) is 17.7 Å². The van der Waals surface area contributed by atoms with Gasteiger partial charge in [-0.15, -0.1) is 0 Å². The van der Waals surface area contributed by atoms with Crippen molar-refractivity contribution < 1.29 is 19.2 Å². The van der Waals surface area contributed by atoms with E-state index in [1.807, 2.05) is 6.92 Å². The van der Waals surface area contributed by atoms with E-state index >= 15 is 0 Å². The van der Waals surface area contributed by atoms with Gasteiger partial charge in [-0.3, -0.25) is 20.2 Å². The second-order valence-electron chi connectivity index (χ2n) is 6.63. The molecule has 0 aromatic heterocycles. The summed E-state index contributed by atoms with van der Waals surface area (Å²) >= 11 is 0. The van der Waals surface area contributed by atoms with Crippen molar-refractivity contribution in [3.8, 4) is 5.75 Å². The van der Waals surface area contributed by atoms with E-state index in [2.05, 4.69) is 26.3 Å². The Labute approximate surface area is 177 Å². The van der Waals surface area contributed by atoms with Crippen LogP contribution in [0.5, 0.6) is 5.75 Å². The number of nitrogens with one attached hydrogen (secondary N) is 4. The van der Waals surface area contributed by atoms with Gasteiger partial charge in [0.25, 0.3) is 11.6 Å². The summed E-state index contributed by atoms with van der Waals surface area (Å²) in [5, 5.41) is 32.2. The van der Waals surface area contributed by atoms with Gasteiger partial charge in [0.05, 0.1) is 22.3 Å². The van der Waals surface area contributed by atoms with Gasteiger partial charge in [-0.05, 0) is 37.2 Å². The first-order valence-corrected chi connectivity index (χ1v) is 9.46. The van der Waals surface area contributed by atoms with Crippen LogP contribution in [0, 0.1) is 15.9 Å². The molecule has 0 bridgehead atoms. The molecule has 0 aliphatic carbocycles. The maximum absolute atomic E-state index is 13.4. The number of phenolic OH excluding ortho intramolecular Hbond substituents is 1. The van der Waals surface area contributed by atoms with Crippen LogP contribution >= 0.6 is 0 Å². The standard InChI is InChI=1S/C20H21FN6O4/c1-2-8-22-18-15(11-23-20(26-18)24-13-5-3-4-12(21)9-13)19(29)25-16-7-6-14(27(30)31)10-17(16)28/h3-7,9-11,18,22,28H,2,8H2,1H3,(H,25,29)(H2,23,24,26). The molecular formula is C20H21FN6O4. The van der Waals surface area contributed by atoms with Crippen LogP contribution in [0.2, 0.25) is 0 Å². The highest BCUT2D eigenvalue weighted by Crippen LogP contribution is 2.28. The first-order chi connectivity index (χ1) is 14.9. The quantitative estimate of drug-likeness (QED) is 0.259. The van der Waals surface area contributed by atoms with Crippen molar-refractivity contribution in [1.29, 1.82) is 0 Å². The lowest BCUT2D eigenvalue weighted by Crippen LogP contribution is -2.43. The molecule has 1 heterocycles. The summed E-state index contributed by atoms with van der Waals surface area (Å²) in [4.78, 5) is 27.4. The van der Waals surface area contributed by atoms with Crippen molar-refractivity contribution in [3.05, 3.63) is 70.2 Å². The molecule has 1 aliphatic rings. The van der Waals surface area contributed by atoms with E-state index in [0.29, 0.717) is 18.2 Å². The summed E-state index contributed by atoms with van der Waals surface area (Å²) in [6, 6.07) is 9.23. The van der Waals surface area contributed by atoms with Crippen LogP contribution in [0.25, 0.3) is 0 Å². The molecule has 3 rings (SSSR count). The topological polar surface area (TPSA) is 141 Å². The predicted molar refractivity (Wildman–Crippen MR) is 114 cm³/mol. The summed E-state index contributed by atoms with van der Waals surface area (Å²) in [6.07, 6.45) is 1.53. The number of rotatable bonds is 7. The van der Waals surface area contributed by atoms with E-state index in [4.69, 9.17) is 0 Å². The van der Waals surface area contributed by atoms with Gasteiger partial charge in [0.2, 0.25) is 5.96 Å². The zero-order valence-corrected chi connectivity index (χ0v) is 16.6. The Balaban J connectivity index is 1.75. The van der Waals surface area contributed by atoms with Crippen LogP contribution in [-0.2, 0) is 4.79 Å². The fourth-order valence-corrected chi connectivity index (χ4v) is 2.79. The van der Waals surface area contributed by atoms with Crippen molar-refractivity contribution in [1.82, 2.24) is 10.6 Å². The predicted octanol–water partition coefficient (Wildman–Crippen LogP) is 2.66. The smallest absolute Gasteiger partial charge is 0.273 e. The van der Waals surface area contributed by atoms with Crippen LogP contribution in [0.4, 0.5) is 21.5 Å². The molecule has 0 saturated heterocycles. The first kappa shape index (κ1) is 21.7. The Bertz CT molecular complexity index is 1060. The number of amides is 1. The Morgan fingerprint density at radius 1 is 1.32 bits per heavy atom. The number of nitro groups is 1. The molecule has 1 amide bonds. The van der Waals surface area contributed by atoms with E-state index in [0.717, 1.165) is 12.5 Å². The van der Waals surface area contributed by atoms with Crippen LogP contribution in [0.1, 0.15) is 13.3 Å². The molecule has 2 aromatic rings. The van der Waals surface area contributed by atoms with Gasteiger partial charge in [0.15, 0.2) is 0 Å². The van der Waals surface area contributed by atoms with Gasteiger partial charge in [-0.1, -0.05) is 13.0 Å². The Morgan fingerprint density at radius 2 is 2.13 bits per heavy atom. The van der Waals surface area contributed by atoms with Crippen LogP contribution in [0.3, 0.4) is 0 Å². The number of guanidine groups is 1. The third-order valence-electron chi connectivity index (χ3n) is 4.29. The normalized spacial score (nSPS) is 15.4.